The molecule has 2 rings (SSSR count). The number of aliphatic hydroxyl groups excluding tert-OH is 1. The summed E-state index contributed by atoms with van der Waals surface area (Å²) in [5.41, 5.74) is 5.58. The highest BCUT2D eigenvalue weighted by Gasteiger charge is 2.26. The number of nitrogens with zero attached hydrogens (tertiary/aromatic N) is 2. The van der Waals surface area contributed by atoms with E-state index in [9.17, 15) is 5.11 Å². The maximum atomic E-state index is 9.25. The van der Waals surface area contributed by atoms with Gasteiger partial charge in [-0.05, 0) is 12.8 Å². The van der Waals surface area contributed by atoms with Gasteiger partial charge >= 0.3 is 0 Å². The van der Waals surface area contributed by atoms with Crippen molar-refractivity contribution in [2.45, 2.75) is 25.3 Å². The van der Waals surface area contributed by atoms with Gasteiger partial charge in [-0.1, -0.05) is 6.42 Å². The maximum Gasteiger partial charge on any atom is 0.225 e. The van der Waals surface area contributed by atoms with Crippen LogP contribution in [0.5, 0.6) is 5.88 Å². The lowest BCUT2D eigenvalue weighted by molar-refractivity contribution is 0.222. The highest BCUT2D eigenvalue weighted by molar-refractivity contribution is 5.43. The number of hydrogen-bond donors (Lipinski definition) is 3. The van der Waals surface area contributed by atoms with Gasteiger partial charge in [-0.25, -0.2) is 0 Å². The minimum Gasteiger partial charge on any atom is -0.481 e. The van der Waals surface area contributed by atoms with E-state index in [1.807, 2.05) is 0 Å². The zero-order chi connectivity index (χ0) is 12.3. The molecule has 4 N–H and O–H groups in total. The first-order valence-electron chi connectivity index (χ1n) is 5.79. The lowest BCUT2D eigenvalue weighted by atomic mass is 10.1. The fourth-order valence-electron chi connectivity index (χ4n) is 2.26. The highest BCUT2D eigenvalue weighted by atomic mass is 16.5. The standard InChI is InChI=1S/C11H18N4O2/c1-17-10-5-9(14-11(12)15-10)13-8-4-2-3-7(8)6-16/h5,7-8,16H,2-4,6H2,1H3,(H3,12,13,14,15). The Morgan fingerprint density at radius 3 is 3.06 bits per heavy atom. The van der Waals surface area contributed by atoms with Crippen molar-refractivity contribution in [2.75, 3.05) is 24.8 Å². The van der Waals surface area contributed by atoms with Crippen LogP contribution in [0.3, 0.4) is 0 Å². The number of hydrogen-bond acceptors (Lipinski definition) is 6. The van der Waals surface area contributed by atoms with Gasteiger partial charge in [0.05, 0.1) is 7.11 Å². The Balaban J connectivity index is 2.09. The highest BCUT2D eigenvalue weighted by Crippen LogP contribution is 2.28. The van der Waals surface area contributed by atoms with Crippen molar-refractivity contribution in [2.24, 2.45) is 5.92 Å². The van der Waals surface area contributed by atoms with E-state index in [4.69, 9.17) is 10.5 Å². The second-order valence-corrected chi connectivity index (χ2v) is 4.28. The van der Waals surface area contributed by atoms with Crippen molar-refractivity contribution >= 4 is 11.8 Å². The molecule has 0 aliphatic heterocycles. The lowest BCUT2D eigenvalue weighted by Gasteiger charge is -2.19. The SMILES string of the molecule is COc1cc(NC2CCCC2CO)nc(N)n1. The van der Waals surface area contributed by atoms with E-state index in [1.54, 1.807) is 6.07 Å². The topological polar surface area (TPSA) is 93.3 Å². The van der Waals surface area contributed by atoms with Crippen LogP contribution < -0.4 is 15.8 Å². The van der Waals surface area contributed by atoms with Crippen LogP contribution in [0, 0.1) is 5.92 Å². The van der Waals surface area contributed by atoms with Gasteiger partial charge < -0.3 is 20.9 Å². The quantitative estimate of drug-likeness (QED) is 0.712. The molecule has 0 bridgehead atoms. The number of aromatic nitrogens is 2. The van der Waals surface area contributed by atoms with Crippen molar-refractivity contribution in [1.82, 2.24) is 9.97 Å². The molecule has 0 aromatic carbocycles. The van der Waals surface area contributed by atoms with Gasteiger partial charge in [-0.2, -0.15) is 9.97 Å². The molecule has 1 aliphatic carbocycles. The van der Waals surface area contributed by atoms with Gasteiger partial charge in [0, 0.05) is 24.6 Å². The third kappa shape index (κ3) is 2.76. The molecule has 1 fully saturated rings. The summed E-state index contributed by atoms with van der Waals surface area (Å²) in [5, 5.41) is 12.5. The van der Waals surface area contributed by atoms with Crippen LogP contribution in [-0.2, 0) is 0 Å². The lowest BCUT2D eigenvalue weighted by Crippen LogP contribution is -2.27. The van der Waals surface area contributed by atoms with Gasteiger partial charge in [0.15, 0.2) is 0 Å². The van der Waals surface area contributed by atoms with Crippen LogP contribution in [0.1, 0.15) is 19.3 Å². The minimum absolute atomic E-state index is 0.186. The zero-order valence-electron chi connectivity index (χ0n) is 9.89. The molecule has 1 aliphatic rings. The monoisotopic (exact) mass is 238 g/mol. The van der Waals surface area contributed by atoms with Crippen LogP contribution in [0.15, 0.2) is 6.07 Å². The predicted molar refractivity (Wildman–Crippen MR) is 64.8 cm³/mol. The van der Waals surface area contributed by atoms with E-state index < -0.39 is 0 Å². The number of methoxy groups -OCH3 is 1. The maximum absolute atomic E-state index is 9.25. The molecule has 2 atom stereocenters. The van der Waals surface area contributed by atoms with Crippen molar-refractivity contribution in [3.63, 3.8) is 0 Å². The molecular formula is C11H18N4O2. The molecule has 6 heteroatoms. The summed E-state index contributed by atoms with van der Waals surface area (Å²) in [6.07, 6.45) is 3.21. The minimum atomic E-state index is 0.186. The van der Waals surface area contributed by atoms with Crippen LogP contribution in [0.2, 0.25) is 0 Å². The molecule has 0 saturated heterocycles. The first-order valence-corrected chi connectivity index (χ1v) is 5.79. The number of rotatable bonds is 4. The van der Waals surface area contributed by atoms with E-state index >= 15 is 0 Å². The largest absolute Gasteiger partial charge is 0.481 e. The van der Waals surface area contributed by atoms with Gasteiger partial charge in [0.1, 0.15) is 5.82 Å². The fraction of sp³-hybridized carbons (Fsp3) is 0.636. The van der Waals surface area contributed by atoms with Crippen LogP contribution in [-0.4, -0.2) is 34.8 Å². The van der Waals surface area contributed by atoms with Crippen molar-refractivity contribution in [3.05, 3.63) is 6.07 Å². The number of nitrogens with two attached hydrogens (primary N) is 1. The van der Waals surface area contributed by atoms with E-state index in [-0.39, 0.29) is 24.5 Å². The summed E-state index contributed by atoms with van der Waals surface area (Å²) >= 11 is 0. The molecule has 0 radical (unpaired) electrons. The molecular weight excluding hydrogens is 220 g/mol. The average molecular weight is 238 g/mol. The van der Waals surface area contributed by atoms with Crippen LogP contribution in [0.25, 0.3) is 0 Å². The summed E-state index contributed by atoms with van der Waals surface area (Å²) in [6.45, 7) is 0.204. The predicted octanol–water partition coefficient (Wildman–Crippen LogP) is 0.640. The first-order chi connectivity index (χ1) is 8.22. The number of nitrogen functional groups attached to an aromatic ring is 1. The summed E-state index contributed by atoms with van der Waals surface area (Å²) in [4.78, 5) is 8.03. The summed E-state index contributed by atoms with van der Waals surface area (Å²) in [7, 11) is 1.54. The normalized spacial score (nSPS) is 23.6. The molecule has 0 amide bonds. The van der Waals surface area contributed by atoms with Gasteiger partial charge in [0.2, 0.25) is 11.8 Å². The van der Waals surface area contributed by atoms with Gasteiger partial charge in [-0.3, -0.25) is 0 Å². The number of nitrogens with one attached hydrogen (secondary N) is 1. The molecule has 1 saturated carbocycles. The van der Waals surface area contributed by atoms with Crippen molar-refractivity contribution in [1.29, 1.82) is 0 Å². The Hall–Kier alpha value is -1.56. The Morgan fingerprint density at radius 1 is 1.53 bits per heavy atom. The third-order valence-corrected chi connectivity index (χ3v) is 3.16. The van der Waals surface area contributed by atoms with Crippen LogP contribution in [0.4, 0.5) is 11.8 Å². The number of anilines is 2. The molecule has 0 spiro atoms. The molecule has 1 aromatic rings. The summed E-state index contributed by atoms with van der Waals surface area (Å²) in [5.74, 6) is 1.57. The fourth-order valence-corrected chi connectivity index (χ4v) is 2.26. The number of ether oxygens (including phenoxy) is 1. The first kappa shape index (κ1) is 11.9. The second-order valence-electron chi connectivity index (χ2n) is 4.28. The van der Waals surface area contributed by atoms with Gasteiger partial charge in [0.25, 0.3) is 0 Å². The molecule has 94 valence electrons. The van der Waals surface area contributed by atoms with Crippen LogP contribution >= 0.6 is 0 Å². The van der Waals surface area contributed by atoms with E-state index in [0.29, 0.717) is 11.7 Å². The van der Waals surface area contributed by atoms with E-state index in [0.717, 1.165) is 19.3 Å². The van der Waals surface area contributed by atoms with E-state index in [2.05, 4.69) is 15.3 Å². The molecule has 17 heavy (non-hydrogen) atoms. The zero-order valence-corrected chi connectivity index (χ0v) is 9.89. The Bertz CT molecular complexity index is 386. The van der Waals surface area contributed by atoms with Crippen molar-refractivity contribution < 1.29 is 9.84 Å². The molecule has 1 heterocycles. The number of aliphatic hydroxyl groups is 1. The van der Waals surface area contributed by atoms with E-state index in [1.165, 1.54) is 7.11 Å². The smallest absolute Gasteiger partial charge is 0.225 e. The Kier molecular flexibility index (Phi) is 3.63. The average Bonchev–Trinajstić information content (AvgIpc) is 2.75. The van der Waals surface area contributed by atoms with Gasteiger partial charge in [-0.15, -0.1) is 0 Å². The molecule has 6 nitrogen and oxygen atoms in total. The molecule has 2 unspecified atom stereocenters. The molecule has 1 aromatic heterocycles. The summed E-state index contributed by atoms with van der Waals surface area (Å²) in [6, 6.07) is 1.96. The summed E-state index contributed by atoms with van der Waals surface area (Å²) < 4.78 is 5.03. The third-order valence-electron chi connectivity index (χ3n) is 3.16. The second kappa shape index (κ2) is 5.18. The Labute approximate surface area is 100 Å². The van der Waals surface area contributed by atoms with Crippen molar-refractivity contribution in [3.8, 4) is 5.88 Å². The Morgan fingerprint density at radius 2 is 2.35 bits per heavy atom.